The lowest BCUT2D eigenvalue weighted by Gasteiger charge is -2.21. The molecule has 0 atom stereocenters. The molecule has 0 saturated carbocycles. The first-order chi connectivity index (χ1) is 13.1. The van der Waals surface area contributed by atoms with Crippen molar-refractivity contribution in [3.8, 4) is 0 Å². The van der Waals surface area contributed by atoms with E-state index in [0.29, 0.717) is 17.8 Å². The van der Waals surface area contributed by atoms with Gasteiger partial charge < -0.3 is 0 Å². The number of imide groups is 2. The molecule has 27 heavy (non-hydrogen) atoms. The van der Waals surface area contributed by atoms with E-state index >= 15 is 0 Å². The first-order valence-corrected chi connectivity index (χ1v) is 8.34. The number of para-hydroxylation sites is 2. The van der Waals surface area contributed by atoms with E-state index in [1.807, 2.05) is 24.3 Å². The third-order valence-corrected chi connectivity index (χ3v) is 4.46. The van der Waals surface area contributed by atoms with E-state index in [9.17, 15) is 19.2 Å². The predicted octanol–water partition coefficient (Wildman–Crippen LogP) is 2.14. The Kier molecular flexibility index (Phi) is 4.01. The van der Waals surface area contributed by atoms with Gasteiger partial charge in [-0.2, -0.15) is 0 Å². The molecule has 132 valence electrons. The molecule has 0 unspecified atom stereocenters. The van der Waals surface area contributed by atoms with E-state index in [1.165, 1.54) is 24.3 Å². The Morgan fingerprint density at radius 3 is 1.22 bits per heavy atom. The first-order valence-electron chi connectivity index (χ1n) is 8.34. The Morgan fingerprint density at radius 2 is 0.852 bits per heavy atom. The van der Waals surface area contributed by atoms with Gasteiger partial charge in [-0.25, -0.2) is 9.80 Å². The summed E-state index contributed by atoms with van der Waals surface area (Å²) >= 11 is 0. The molecule has 0 aromatic heterocycles. The number of carbonyl (C=O) groups is 4. The van der Waals surface area contributed by atoms with E-state index < -0.39 is 23.6 Å². The quantitative estimate of drug-likeness (QED) is 0.785. The van der Waals surface area contributed by atoms with E-state index in [-0.39, 0.29) is 0 Å². The van der Waals surface area contributed by atoms with Gasteiger partial charge in [0.15, 0.2) is 0 Å². The van der Waals surface area contributed by atoms with Gasteiger partial charge in [0.2, 0.25) is 0 Å². The molecule has 0 saturated heterocycles. The molecule has 6 nitrogen and oxygen atoms in total. The van der Waals surface area contributed by atoms with Gasteiger partial charge in [0, 0.05) is 30.7 Å². The molecule has 0 bridgehead atoms. The van der Waals surface area contributed by atoms with Crippen LogP contribution in [0.4, 0.5) is 11.4 Å². The molecule has 4 amide bonds. The second kappa shape index (κ2) is 6.49. The first kappa shape index (κ1) is 16.7. The minimum atomic E-state index is -0.394. The number of benzene rings is 2. The summed E-state index contributed by atoms with van der Waals surface area (Å²) in [5, 5.41) is 0. The maximum atomic E-state index is 12.1. The smallest absolute Gasteiger partial charge is 0.258 e. The summed E-state index contributed by atoms with van der Waals surface area (Å²) in [6.45, 7) is 0. The summed E-state index contributed by atoms with van der Waals surface area (Å²) in [5.41, 5.74) is 2.46. The Balaban J connectivity index is 1.73. The molecular weight excluding hydrogens is 344 g/mol. The highest BCUT2D eigenvalue weighted by atomic mass is 16.2. The molecule has 0 N–H and O–H groups in total. The van der Waals surface area contributed by atoms with Gasteiger partial charge in [0.05, 0.1) is 11.4 Å². The van der Waals surface area contributed by atoms with Gasteiger partial charge >= 0.3 is 0 Å². The fourth-order valence-corrected chi connectivity index (χ4v) is 3.24. The summed E-state index contributed by atoms with van der Waals surface area (Å²) < 4.78 is 0. The molecule has 0 aliphatic carbocycles. The van der Waals surface area contributed by atoms with Gasteiger partial charge in [-0.05, 0) is 23.3 Å². The summed E-state index contributed by atoms with van der Waals surface area (Å²) in [6, 6.07) is 14.2. The lowest BCUT2D eigenvalue weighted by molar-refractivity contribution is -0.121. The molecule has 0 radical (unpaired) electrons. The fraction of sp³-hybridized carbons (Fsp3) is 0.0476. The number of nitrogens with zero attached hydrogens (tertiary/aromatic N) is 2. The van der Waals surface area contributed by atoms with Gasteiger partial charge in [-0.3, -0.25) is 19.2 Å². The normalized spacial score (nSPS) is 16.1. The van der Waals surface area contributed by atoms with Crippen molar-refractivity contribution in [3.63, 3.8) is 0 Å². The van der Waals surface area contributed by atoms with Crippen molar-refractivity contribution in [1.29, 1.82) is 0 Å². The zero-order chi connectivity index (χ0) is 19.0. The number of hydrogen-bond acceptors (Lipinski definition) is 4. The molecule has 0 spiro atoms. The van der Waals surface area contributed by atoms with Crippen molar-refractivity contribution in [2.24, 2.45) is 0 Å². The van der Waals surface area contributed by atoms with Gasteiger partial charge in [-0.15, -0.1) is 0 Å². The zero-order valence-corrected chi connectivity index (χ0v) is 14.2. The lowest BCUT2D eigenvalue weighted by Crippen LogP contribution is -2.31. The lowest BCUT2D eigenvalue weighted by atomic mass is 10.0. The third-order valence-electron chi connectivity index (χ3n) is 4.46. The van der Waals surface area contributed by atoms with Crippen LogP contribution in [-0.4, -0.2) is 23.6 Å². The Hall–Kier alpha value is -3.80. The van der Waals surface area contributed by atoms with Crippen molar-refractivity contribution in [1.82, 2.24) is 0 Å². The van der Waals surface area contributed by atoms with Crippen LogP contribution >= 0.6 is 0 Å². The van der Waals surface area contributed by atoms with Crippen LogP contribution in [0.15, 0.2) is 72.8 Å². The molecule has 2 aliphatic heterocycles. The van der Waals surface area contributed by atoms with Crippen molar-refractivity contribution >= 4 is 35.0 Å². The number of hydrogen-bond donors (Lipinski definition) is 0. The zero-order valence-electron chi connectivity index (χ0n) is 14.2. The molecule has 2 heterocycles. The third kappa shape index (κ3) is 2.87. The predicted molar refractivity (Wildman–Crippen MR) is 99.0 cm³/mol. The van der Waals surface area contributed by atoms with Gasteiger partial charge in [0.25, 0.3) is 23.6 Å². The minimum absolute atomic E-state index is 0.348. The average molecular weight is 358 g/mol. The van der Waals surface area contributed by atoms with Crippen LogP contribution in [0.2, 0.25) is 0 Å². The van der Waals surface area contributed by atoms with E-state index in [1.54, 1.807) is 24.3 Å². The minimum Gasteiger partial charge on any atom is -0.269 e. The molecule has 6 heteroatoms. The van der Waals surface area contributed by atoms with Crippen LogP contribution in [0, 0.1) is 0 Å². The molecule has 2 aromatic rings. The van der Waals surface area contributed by atoms with Gasteiger partial charge in [-0.1, -0.05) is 36.4 Å². The highest BCUT2D eigenvalue weighted by molar-refractivity contribution is 6.29. The molecule has 4 rings (SSSR count). The summed E-state index contributed by atoms with van der Waals surface area (Å²) in [5.74, 6) is -1.57. The second-order valence-corrected chi connectivity index (χ2v) is 6.12. The maximum Gasteiger partial charge on any atom is 0.258 e. The van der Waals surface area contributed by atoms with Crippen LogP contribution in [0.25, 0.3) is 0 Å². The second-order valence-electron chi connectivity index (χ2n) is 6.12. The monoisotopic (exact) mass is 358 g/mol. The van der Waals surface area contributed by atoms with Crippen LogP contribution in [0.5, 0.6) is 0 Å². The molecule has 2 aromatic carbocycles. The topological polar surface area (TPSA) is 74.8 Å². The standard InChI is InChI=1S/C21H14N2O4/c24-18-9-10-19(25)22(18)16-7-3-1-5-14(16)13-15-6-2-4-8-17(15)23-20(26)11-12-21(23)27/h1-12H,13H2. The van der Waals surface area contributed by atoms with Crippen LogP contribution in [0.3, 0.4) is 0 Å². The average Bonchev–Trinajstić information content (AvgIpc) is 3.17. The Labute approximate surface area is 155 Å². The largest absolute Gasteiger partial charge is 0.269 e. The molecule has 0 fully saturated rings. The maximum absolute atomic E-state index is 12.1. The van der Waals surface area contributed by atoms with Crippen LogP contribution < -0.4 is 9.80 Å². The van der Waals surface area contributed by atoms with Crippen molar-refractivity contribution in [2.45, 2.75) is 6.42 Å². The van der Waals surface area contributed by atoms with Crippen molar-refractivity contribution in [3.05, 3.63) is 84.0 Å². The Morgan fingerprint density at radius 1 is 0.519 bits per heavy atom. The number of carbonyl (C=O) groups excluding carboxylic acids is 4. The highest BCUT2D eigenvalue weighted by Gasteiger charge is 2.29. The van der Waals surface area contributed by atoms with Crippen LogP contribution in [0.1, 0.15) is 11.1 Å². The fourth-order valence-electron chi connectivity index (χ4n) is 3.24. The van der Waals surface area contributed by atoms with E-state index in [0.717, 1.165) is 20.9 Å². The van der Waals surface area contributed by atoms with Crippen LogP contribution in [-0.2, 0) is 25.6 Å². The number of anilines is 2. The number of rotatable bonds is 4. The number of amides is 4. The summed E-state index contributed by atoms with van der Waals surface area (Å²) in [6.07, 6.45) is 5.29. The SMILES string of the molecule is O=C1C=CC(=O)N1c1ccccc1Cc1ccccc1N1C(=O)C=CC1=O. The summed E-state index contributed by atoms with van der Waals surface area (Å²) in [7, 11) is 0. The van der Waals surface area contributed by atoms with E-state index in [4.69, 9.17) is 0 Å². The molecule has 2 aliphatic rings. The molecular formula is C21H14N2O4. The Bertz CT molecular complexity index is 932. The van der Waals surface area contributed by atoms with Gasteiger partial charge in [0.1, 0.15) is 0 Å². The van der Waals surface area contributed by atoms with Crippen molar-refractivity contribution in [2.75, 3.05) is 9.80 Å². The highest BCUT2D eigenvalue weighted by Crippen LogP contribution is 2.30. The summed E-state index contributed by atoms with van der Waals surface area (Å²) in [4.78, 5) is 50.5. The van der Waals surface area contributed by atoms with E-state index in [2.05, 4.69) is 0 Å². The van der Waals surface area contributed by atoms with Crippen molar-refractivity contribution < 1.29 is 19.2 Å².